The highest BCUT2D eigenvalue weighted by molar-refractivity contribution is 4.84. The van der Waals surface area contributed by atoms with Crippen LogP contribution in [0.25, 0.3) is 0 Å². The van der Waals surface area contributed by atoms with E-state index in [0.717, 1.165) is 19.3 Å². The first-order valence-corrected chi connectivity index (χ1v) is 6.27. The first kappa shape index (κ1) is 14.8. The summed E-state index contributed by atoms with van der Waals surface area (Å²) in [4.78, 5) is 1.57. The Kier molecular flexibility index (Phi) is 4.84. The maximum atomic E-state index is 12.9. The van der Waals surface area contributed by atoms with Gasteiger partial charge in [0.1, 0.15) is 6.04 Å². The van der Waals surface area contributed by atoms with E-state index in [4.69, 9.17) is 5.73 Å². The number of nitrogens with two attached hydrogens (primary N) is 1. The average molecular weight is 252 g/mol. The fourth-order valence-electron chi connectivity index (χ4n) is 2.47. The van der Waals surface area contributed by atoms with Crippen LogP contribution in [0.2, 0.25) is 0 Å². The Bertz CT molecular complexity index is 238. The van der Waals surface area contributed by atoms with E-state index in [-0.39, 0.29) is 18.4 Å². The zero-order chi connectivity index (χ0) is 13.1. The Labute approximate surface area is 101 Å². The highest BCUT2D eigenvalue weighted by Crippen LogP contribution is 2.34. The number of halogens is 3. The van der Waals surface area contributed by atoms with Gasteiger partial charge >= 0.3 is 6.18 Å². The molecule has 5 heteroatoms. The molecule has 2 N–H and O–H groups in total. The van der Waals surface area contributed by atoms with Gasteiger partial charge in [0.2, 0.25) is 0 Å². The molecule has 0 aliphatic carbocycles. The minimum atomic E-state index is -4.16. The molecular weight excluding hydrogens is 229 g/mol. The van der Waals surface area contributed by atoms with Crippen molar-refractivity contribution in [2.45, 2.75) is 51.7 Å². The second-order valence-electron chi connectivity index (χ2n) is 5.69. The van der Waals surface area contributed by atoms with E-state index in [9.17, 15) is 13.2 Å². The number of hydrogen-bond donors (Lipinski definition) is 1. The molecule has 1 rings (SSSR count). The Balaban J connectivity index is 2.68. The monoisotopic (exact) mass is 252 g/mol. The third kappa shape index (κ3) is 4.47. The summed E-state index contributed by atoms with van der Waals surface area (Å²) in [6, 6.07) is -1.36. The van der Waals surface area contributed by atoms with Crippen LogP contribution in [0.15, 0.2) is 0 Å². The van der Waals surface area contributed by atoms with Crippen molar-refractivity contribution in [3.63, 3.8) is 0 Å². The number of likely N-dealkylation sites (tertiary alicyclic amines) is 1. The third-order valence-electron chi connectivity index (χ3n) is 3.63. The van der Waals surface area contributed by atoms with Crippen LogP contribution in [0.4, 0.5) is 13.2 Å². The fraction of sp³-hybridized carbons (Fsp3) is 1.00. The summed E-state index contributed by atoms with van der Waals surface area (Å²) >= 11 is 0. The van der Waals surface area contributed by atoms with E-state index in [1.807, 2.05) is 0 Å². The topological polar surface area (TPSA) is 29.3 Å². The van der Waals surface area contributed by atoms with Gasteiger partial charge in [0.15, 0.2) is 0 Å². The predicted molar refractivity (Wildman–Crippen MR) is 62.7 cm³/mol. The summed E-state index contributed by atoms with van der Waals surface area (Å²) in [7, 11) is 0. The van der Waals surface area contributed by atoms with Crippen LogP contribution < -0.4 is 5.73 Å². The van der Waals surface area contributed by atoms with E-state index in [1.54, 1.807) is 4.90 Å². The number of nitrogens with zero attached hydrogens (tertiary/aromatic N) is 1. The Hall–Kier alpha value is -0.290. The van der Waals surface area contributed by atoms with Crippen molar-refractivity contribution >= 4 is 0 Å². The molecule has 1 heterocycles. The Morgan fingerprint density at radius 1 is 1.24 bits per heavy atom. The van der Waals surface area contributed by atoms with Crippen LogP contribution in [0, 0.1) is 5.41 Å². The van der Waals surface area contributed by atoms with Crippen molar-refractivity contribution in [2.75, 3.05) is 19.6 Å². The van der Waals surface area contributed by atoms with E-state index < -0.39 is 12.2 Å². The molecule has 0 aromatic heterocycles. The zero-order valence-electron chi connectivity index (χ0n) is 10.7. The molecule has 0 amide bonds. The molecule has 1 saturated heterocycles. The Morgan fingerprint density at radius 3 is 2.41 bits per heavy atom. The van der Waals surface area contributed by atoms with Crippen LogP contribution in [0.5, 0.6) is 0 Å². The molecule has 0 spiro atoms. The largest absolute Gasteiger partial charge is 0.404 e. The average Bonchev–Trinajstić information content (AvgIpc) is 2.34. The van der Waals surface area contributed by atoms with Gasteiger partial charge in [-0.25, -0.2) is 0 Å². The van der Waals surface area contributed by atoms with Crippen molar-refractivity contribution in [1.82, 2.24) is 4.90 Å². The molecular formula is C12H23F3N2. The molecule has 0 radical (unpaired) electrons. The van der Waals surface area contributed by atoms with Crippen molar-refractivity contribution < 1.29 is 13.2 Å². The van der Waals surface area contributed by atoms with Gasteiger partial charge in [0.25, 0.3) is 0 Å². The molecule has 102 valence electrons. The first-order chi connectivity index (χ1) is 7.76. The van der Waals surface area contributed by atoms with Gasteiger partial charge in [-0.1, -0.05) is 13.8 Å². The molecule has 17 heavy (non-hydrogen) atoms. The quantitative estimate of drug-likeness (QED) is 0.837. The lowest BCUT2D eigenvalue weighted by molar-refractivity contribution is -0.185. The smallest absolute Gasteiger partial charge is 0.330 e. The summed E-state index contributed by atoms with van der Waals surface area (Å²) < 4.78 is 38.8. The summed E-state index contributed by atoms with van der Waals surface area (Å²) in [6.07, 6.45) is -1.50. The normalized spacial score (nSPS) is 24.4. The Morgan fingerprint density at radius 2 is 1.88 bits per heavy atom. The summed E-state index contributed by atoms with van der Waals surface area (Å²) in [6.45, 7) is 5.40. The van der Waals surface area contributed by atoms with Crippen LogP contribution in [0.1, 0.15) is 39.5 Å². The third-order valence-corrected chi connectivity index (χ3v) is 3.63. The van der Waals surface area contributed by atoms with Crippen molar-refractivity contribution in [1.29, 1.82) is 0 Å². The summed E-state index contributed by atoms with van der Waals surface area (Å²) in [5.41, 5.74) is 5.46. The van der Waals surface area contributed by atoms with Crippen LogP contribution in [-0.2, 0) is 0 Å². The molecule has 0 aromatic carbocycles. The van der Waals surface area contributed by atoms with Gasteiger partial charge < -0.3 is 5.73 Å². The van der Waals surface area contributed by atoms with Crippen LogP contribution in [-0.4, -0.2) is 36.8 Å². The van der Waals surface area contributed by atoms with Crippen molar-refractivity contribution in [2.24, 2.45) is 11.1 Å². The standard InChI is InChI=1S/C12H23F3N2/c1-11(2)5-3-8-17(9-6-11)10(4-7-16)12(13,14)15/h10H,3-9,16H2,1-2H3. The molecule has 0 aromatic rings. The van der Waals surface area contributed by atoms with E-state index in [2.05, 4.69) is 13.8 Å². The van der Waals surface area contributed by atoms with E-state index >= 15 is 0 Å². The molecule has 1 fully saturated rings. The lowest BCUT2D eigenvalue weighted by Gasteiger charge is -2.32. The number of hydrogen-bond acceptors (Lipinski definition) is 2. The molecule has 1 aliphatic heterocycles. The number of alkyl halides is 3. The SMILES string of the molecule is CC1(C)CCCN(C(CCN)C(F)(F)F)CC1. The van der Waals surface area contributed by atoms with Crippen LogP contribution in [0.3, 0.4) is 0 Å². The van der Waals surface area contributed by atoms with Crippen molar-refractivity contribution in [3.8, 4) is 0 Å². The van der Waals surface area contributed by atoms with Gasteiger partial charge in [-0.3, -0.25) is 4.90 Å². The van der Waals surface area contributed by atoms with Gasteiger partial charge in [0.05, 0.1) is 0 Å². The summed E-state index contributed by atoms with van der Waals surface area (Å²) in [5, 5.41) is 0. The van der Waals surface area contributed by atoms with E-state index in [1.165, 1.54) is 0 Å². The van der Waals surface area contributed by atoms with Gasteiger partial charge in [-0.2, -0.15) is 13.2 Å². The molecule has 2 nitrogen and oxygen atoms in total. The second kappa shape index (κ2) is 5.57. The first-order valence-electron chi connectivity index (χ1n) is 6.27. The second-order valence-corrected chi connectivity index (χ2v) is 5.69. The lowest BCUT2D eigenvalue weighted by Crippen LogP contribution is -2.47. The molecule has 0 bridgehead atoms. The molecule has 1 aliphatic rings. The minimum absolute atomic E-state index is 0.00390. The minimum Gasteiger partial charge on any atom is -0.330 e. The fourth-order valence-corrected chi connectivity index (χ4v) is 2.47. The highest BCUT2D eigenvalue weighted by atomic mass is 19.4. The predicted octanol–water partition coefficient (Wildman–Crippen LogP) is 2.78. The maximum Gasteiger partial charge on any atom is 0.404 e. The van der Waals surface area contributed by atoms with Gasteiger partial charge in [-0.05, 0) is 50.7 Å². The van der Waals surface area contributed by atoms with Crippen LogP contribution >= 0.6 is 0 Å². The number of rotatable bonds is 3. The summed E-state index contributed by atoms with van der Waals surface area (Å²) in [5.74, 6) is 0. The van der Waals surface area contributed by atoms with Gasteiger partial charge in [0, 0.05) is 0 Å². The molecule has 1 atom stereocenters. The highest BCUT2D eigenvalue weighted by Gasteiger charge is 2.43. The lowest BCUT2D eigenvalue weighted by atomic mass is 9.85. The van der Waals surface area contributed by atoms with Crippen molar-refractivity contribution in [3.05, 3.63) is 0 Å². The van der Waals surface area contributed by atoms with E-state index in [0.29, 0.717) is 13.1 Å². The molecule has 0 saturated carbocycles. The van der Waals surface area contributed by atoms with Gasteiger partial charge in [-0.15, -0.1) is 0 Å². The maximum absolute atomic E-state index is 12.9. The zero-order valence-corrected chi connectivity index (χ0v) is 10.7. The molecule has 1 unspecified atom stereocenters.